The molecule has 0 unspecified atom stereocenters. The SMILES string of the molecule is CN1C(=O)N(Cc2cccnc2)[C@H]2CC[C@@H](c3cccc(F)c3)[C@H]21. The van der Waals surface area contributed by atoms with E-state index in [-0.39, 0.29) is 29.8 Å². The highest BCUT2D eigenvalue weighted by atomic mass is 19.1. The normalized spacial score (nSPS) is 26.1. The van der Waals surface area contributed by atoms with Crippen molar-refractivity contribution in [2.24, 2.45) is 0 Å². The Morgan fingerprint density at radius 1 is 1.25 bits per heavy atom. The van der Waals surface area contributed by atoms with Crippen LogP contribution < -0.4 is 0 Å². The number of hydrogen-bond donors (Lipinski definition) is 0. The van der Waals surface area contributed by atoms with Gasteiger partial charge in [-0.15, -0.1) is 0 Å². The molecule has 3 atom stereocenters. The summed E-state index contributed by atoms with van der Waals surface area (Å²) in [5.41, 5.74) is 2.03. The lowest BCUT2D eigenvalue weighted by Crippen LogP contribution is -2.34. The fourth-order valence-electron chi connectivity index (χ4n) is 4.27. The highest BCUT2D eigenvalue weighted by Gasteiger charge is 2.51. The van der Waals surface area contributed by atoms with Crippen molar-refractivity contribution >= 4 is 6.03 Å². The number of carbonyl (C=O) groups is 1. The molecule has 0 radical (unpaired) electrons. The lowest BCUT2D eigenvalue weighted by atomic mass is 9.93. The number of halogens is 1. The third-order valence-corrected chi connectivity index (χ3v) is 5.33. The molecule has 2 amide bonds. The van der Waals surface area contributed by atoms with E-state index in [2.05, 4.69) is 4.98 Å². The summed E-state index contributed by atoms with van der Waals surface area (Å²) in [6.45, 7) is 0.577. The molecule has 0 bridgehead atoms. The summed E-state index contributed by atoms with van der Waals surface area (Å²) in [4.78, 5) is 20.6. The number of nitrogens with zero attached hydrogens (tertiary/aromatic N) is 3. The average Bonchev–Trinajstić information content (AvgIpc) is 3.12. The van der Waals surface area contributed by atoms with Crippen LogP contribution in [0, 0.1) is 5.82 Å². The largest absolute Gasteiger partial charge is 0.322 e. The van der Waals surface area contributed by atoms with Gasteiger partial charge in [0.05, 0.1) is 12.1 Å². The molecule has 2 aromatic rings. The Balaban J connectivity index is 1.60. The minimum Gasteiger partial charge on any atom is -0.322 e. The van der Waals surface area contributed by atoms with Crippen molar-refractivity contribution in [2.75, 3.05) is 7.05 Å². The molecule has 1 aromatic carbocycles. The number of carbonyl (C=O) groups excluding carboxylic acids is 1. The first-order valence-electron chi connectivity index (χ1n) is 8.33. The molecule has 1 saturated heterocycles. The average molecular weight is 325 g/mol. The number of pyridine rings is 1. The summed E-state index contributed by atoms with van der Waals surface area (Å²) in [5, 5.41) is 0. The van der Waals surface area contributed by atoms with E-state index >= 15 is 0 Å². The van der Waals surface area contributed by atoms with E-state index < -0.39 is 0 Å². The van der Waals surface area contributed by atoms with E-state index in [1.54, 1.807) is 24.5 Å². The Bertz CT molecular complexity index is 751. The summed E-state index contributed by atoms with van der Waals surface area (Å²) in [7, 11) is 1.86. The van der Waals surface area contributed by atoms with E-state index in [9.17, 15) is 9.18 Å². The fourth-order valence-corrected chi connectivity index (χ4v) is 4.27. The molecule has 0 N–H and O–H groups in total. The molecule has 1 aliphatic carbocycles. The van der Waals surface area contributed by atoms with Crippen LogP contribution in [0.15, 0.2) is 48.8 Å². The van der Waals surface area contributed by atoms with Gasteiger partial charge in [-0.1, -0.05) is 18.2 Å². The Labute approximate surface area is 140 Å². The van der Waals surface area contributed by atoms with Crippen molar-refractivity contribution in [1.82, 2.24) is 14.8 Å². The molecule has 0 spiro atoms. The van der Waals surface area contributed by atoms with Gasteiger partial charge in [-0.2, -0.15) is 0 Å². The number of amides is 2. The number of aromatic nitrogens is 1. The van der Waals surface area contributed by atoms with Crippen molar-refractivity contribution in [2.45, 2.75) is 37.4 Å². The van der Waals surface area contributed by atoms with Gasteiger partial charge in [0.25, 0.3) is 0 Å². The quantitative estimate of drug-likeness (QED) is 0.867. The Kier molecular flexibility index (Phi) is 3.71. The van der Waals surface area contributed by atoms with Gasteiger partial charge in [0.1, 0.15) is 5.82 Å². The highest BCUT2D eigenvalue weighted by Crippen LogP contribution is 2.44. The van der Waals surface area contributed by atoms with Crippen molar-refractivity contribution < 1.29 is 9.18 Å². The van der Waals surface area contributed by atoms with E-state index in [0.717, 1.165) is 24.0 Å². The second kappa shape index (κ2) is 5.89. The van der Waals surface area contributed by atoms with E-state index in [1.807, 2.05) is 35.0 Å². The molecule has 1 saturated carbocycles. The number of benzene rings is 1. The number of hydrogen-bond acceptors (Lipinski definition) is 2. The first-order chi connectivity index (χ1) is 11.6. The maximum Gasteiger partial charge on any atom is 0.320 e. The molecule has 1 aliphatic heterocycles. The second-order valence-electron chi connectivity index (χ2n) is 6.68. The molecule has 4 nitrogen and oxygen atoms in total. The van der Waals surface area contributed by atoms with Crippen molar-refractivity contribution in [1.29, 1.82) is 0 Å². The van der Waals surface area contributed by atoms with Crippen LogP contribution in [-0.4, -0.2) is 39.9 Å². The van der Waals surface area contributed by atoms with E-state index in [0.29, 0.717) is 6.54 Å². The summed E-state index contributed by atoms with van der Waals surface area (Å²) in [6.07, 6.45) is 5.46. The smallest absolute Gasteiger partial charge is 0.320 e. The minimum absolute atomic E-state index is 0.0509. The lowest BCUT2D eigenvalue weighted by molar-refractivity contribution is 0.184. The molecule has 4 rings (SSSR count). The second-order valence-corrected chi connectivity index (χ2v) is 6.68. The third kappa shape index (κ3) is 2.44. The van der Waals surface area contributed by atoms with Crippen LogP contribution in [0.5, 0.6) is 0 Å². The van der Waals surface area contributed by atoms with Crippen LogP contribution in [0.4, 0.5) is 9.18 Å². The number of fused-ring (bicyclic) bond motifs is 1. The summed E-state index contributed by atoms with van der Waals surface area (Å²) in [5.74, 6) is -0.0197. The lowest BCUT2D eigenvalue weighted by Gasteiger charge is -2.24. The predicted octanol–water partition coefficient (Wildman–Crippen LogP) is 3.40. The van der Waals surface area contributed by atoms with Crippen LogP contribution >= 0.6 is 0 Å². The fraction of sp³-hybridized carbons (Fsp3) is 0.368. The molecule has 2 heterocycles. The van der Waals surface area contributed by atoms with Gasteiger partial charge in [-0.25, -0.2) is 9.18 Å². The van der Waals surface area contributed by atoms with Crippen LogP contribution in [0.3, 0.4) is 0 Å². The summed E-state index contributed by atoms with van der Waals surface area (Å²) >= 11 is 0. The Hall–Kier alpha value is -2.43. The Morgan fingerprint density at radius 3 is 2.88 bits per heavy atom. The summed E-state index contributed by atoms with van der Waals surface area (Å²) in [6, 6.07) is 11.0. The molecule has 124 valence electrons. The molecule has 1 aromatic heterocycles. The molecule has 24 heavy (non-hydrogen) atoms. The molecular weight excluding hydrogens is 305 g/mol. The van der Waals surface area contributed by atoms with Gasteiger partial charge in [0.2, 0.25) is 0 Å². The molecular formula is C19H20FN3O. The maximum atomic E-state index is 13.6. The highest BCUT2D eigenvalue weighted by molar-refractivity contribution is 5.78. The van der Waals surface area contributed by atoms with Crippen molar-refractivity contribution in [3.05, 3.63) is 65.7 Å². The van der Waals surface area contributed by atoms with Gasteiger partial charge in [0.15, 0.2) is 0 Å². The number of rotatable bonds is 3. The maximum absolute atomic E-state index is 13.6. The van der Waals surface area contributed by atoms with Gasteiger partial charge >= 0.3 is 6.03 Å². The van der Waals surface area contributed by atoms with Gasteiger partial charge in [-0.05, 0) is 42.2 Å². The molecule has 2 aliphatic rings. The van der Waals surface area contributed by atoms with Gasteiger partial charge in [0, 0.05) is 31.9 Å². The van der Waals surface area contributed by atoms with E-state index in [4.69, 9.17) is 0 Å². The zero-order valence-electron chi connectivity index (χ0n) is 13.6. The standard InChI is InChI=1S/C19H20FN3O/c1-22-18-16(14-5-2-6-15(20)10-14)7-8-17(18)23(19(22)24)12-13-4-3-9-21-11-13/h2-6,9-11,16-18H,7-8,12H2,1H3/t16-,17-,18+/m0/s1. The van der Waals surface area contributed by atoms with Crippen LogP contribution in [0.2, 0.25) is 0 Å². The first-order valence-corrected chi connectivity index (χ1v) is 8.33. The summed E-state index contributed by atoms with van der Waals surface area (Å²) < 4.78 is 13.6. The minimum atomic E-state index is -0.213. The van der Waals surface area contributed by atoms with Crippen LogP contribution in [0.1, 0.15) is 29.9 Å². The zero-order chi connectivity index (χ0) is 16.7. The molecule has 2 fully saturated rings. The van der Waals surface area contributed by atoms with Crippen LogP contribution in [0.25, 0.3) is 0 Å². The first kappa shape index (κ1) is 15.1. The van der Waals surface area contributed by atoms with E-state index in [1.165, 1.54) is 6.07 Å². The topological polar surface area (TPSA) is 36.4 Å². The number of likely N-dealkylation sites (N-methyl/N-ethyl adjacent to an activating group) is 1. The zero-order valence-corrected chi connectivity index (χ0v) is 13.6. The predicted molar refractivity (Wildman–Crippen MR) is 88.9 cm³/mol. The van der Waals surface area contributed by atoms with Crippen molar-refractivity contribution in [3.8, 4) is 0 Å². The van der Waals surface area contributed by atoms with Crippen LogP contribution in [-0.2, 0) is 6.54 Å². The van der Waals surface area contributed by atoms with Crippen molar-refractivity contribution in [3.63, 3.8) is 0 Å². The third-order valence-electron chi connectivity index (χ3n) is 5.33. The van der Waals surface area contributed by atoms with Gasteiger partial charge < -0.3 is 9.80 Å². The monoisotopic (exact) mass is 325 g/mol. The van der Waals surface area contributed by atoms with Gasteiger partial charge in [-0.3, -0.25) is 4.98 Å². The number of urea groups is 1. The molecule has 5 heteroatoms. The Morgan fingerprint density at radius 2 is 2.12 bits per heavy atom.